The van der Waals surface area contributed by atoms with E-state index in [0.717, 1.165) is 25.7 Å². The minimum atomic E-state index is 0.597. The largest absolute Gasteiger partial charge is 0.258 e. The average molecular weight is 248 g/mol. The molecule has 103 valence electrons. The molecule has 0 aliphatic rings. The summed E-state index contributed by atoms with van der Waals surface area (Å²) in [5.41, 5.74) is 7.04. The van der Waals surface area contributed by atoms with Crippen molar-refractivity contribution in [3.8, 4) is 0 Å². The predicted molar refractivity (Wildman–Crippen MR) is 82.6 cm³/mol. The zero-order valence-corrected chi connectivity index (χ0v) is 12.0. The van der Waals surface area contributed by atoms with Gasteiger partial charge in [-0.1, -0.05) is 62.6 Å². The van der Waals surface area contributed by atoms with Crippen LogP contribution in [-0.2, 0) is 0 Å². The molecule has 0 rings (SSSR count). The molecule has 0 saturated heterocycles. The van der Waals surface area contributed by atoms with E-state index in [1.807, 2.05) is 0 Å². The summed E-state index contributed by atoms with van der Waals surface area (Å²) in [7, 11) is 0. The average Bonchev–Trinajstić information content (AvgIpc) is 2.39. The third-order valence-electron chi connectivity index (χ3n) is 2.83. The normalized spacial score (nSPS) is 12.3. The van der Waals surface area contributed by atoms with Gasteiger partial charge < -0.3 is 0 Å². The minimum Gasteiger partial charge on any atom is -0.258 e. The Balaban J connectivity index is 3.20. The van der Waals surface area contributed by atoms with Crippen LogP contribution in [0.2, 0.25) is 0 Å². The zero-order chi connectivity index (χ0) is 13.3. The van der Waals surface area contributed by atoms with Crippen molar-refractivity contribution in [3.63, 3.8) is 0 Å². The molecule has 1 radical (unpaired) electrons. The van der Waals surface area contributed by atoms with Crippen LogP contribution in [-0.4, -0.2) is 6.54 Å². The topological polar surface area (TPSA) is 23.8 Å². The van der Waals surface area contributed by atoms with Crippen molar-refractivity contribution in [2.45, 2.75) is 64.7 Å². The van der Waals surface area contributed by atoms with Crippen LogP contribution < -0.4 is 5.73 Å². The van der Waals surface area contributed by atoms with E-state index in [0.29, 0.717) is 6.54 Å². The summed E-state index contributed by atoms with van der Waals surface area (Å²) in [6, 6.07) is 0. The van der Waals surface area contributed by atoms with Crippen molar-refractivity contribution >= 4 is 0 Å². The molecule has 0 amide bonds. The molecule has 0 aromatic carbocycles. The van der Waals surface area contributed by atoms with Gasteiger partial charge in [-0.3, -0.25) is 5.73 Å². The molecule has 1 nitrogen and oxygen atoms in total. The van der Waals surface area contributed by atoms with E-state index in [-0.39, 0.29) is 0 Å². The molecule has 0 aliphatic carbocycles. The lowest BCUT2D eigenvalue weighted by molar-refractivity contribution is 0.619. The fourth-order valence-electron chi connectivity index (χ4n) is 1.74. The van der Waals surface area contributed by atoms with Crippen molar-refractivity contribution in [1.82, 2.24) is 5.73 Å². The fraction of sp³-hybridized carbons (Fsp3) is 0.647. The molecule has 0 fully saturated rings. The fourth-order valence-corrected chi connectivity index (χ4v) is 1.74. The number of hydrogen-bond donors (Lipinski definition) is 0. The van der Waals surface area contributed by atoms with E-state index in [4.69, 9.17) is 5.73 Å². The first kappa shape index (κ1) is 17.2. The Labute approximate surface area is 114 Å². The summed E-state index contributed by atoms with van der Waals surface area (Å²) in [6.45, 7) is 2.76. The standard InChI is InChI=1S/C17H30N/c1-2-3-4-5-6-7-8-9-10-11-12-13-14-15-16-17-18/h3-4,6-7,9-10,18H,2,5,8,11-17H2,1H3. The van der Waals surface area contributed by atoms with Crippen LogP contribution in [0.5, 0.6) is 0 Å². The molecule has 0 aliphatic heterocycles. The Morgan fingerprint density at radius 1 is 0.667 bits per heavy atom. The SMILES string of the molecule is CCC=CCC=CCC=CCCCCCCC[NH]. The Morgan fingerprint density at radius 3 is 1.89 bits per heavy atom. The Kier molecular flexibility index (Phi) is 15.4. The zero-order valence-electron chi connectivity index (χ0n) is 12.0. The first-order valence-corrected chi connectivity index (χ1v) is 7.51. The van der Waals surface area contributed by atoms with Gasteiger partial charge in [0.15, 0.2) is 0 Å². The maximum absolute atomic E-state index is 7.04. The second kappa shape index (κ2) is 16.2. The molecular formula is C17H30N. The van der Waals surface area contributed by atoms with Gasteiger partial charge >= 0.3 is 0 Å². The molecule has 0 heterocycles. The summed E-state index contributed by atoms with van der Waals surface area (Å²) in [5.74, 6) is 0. The van der Waals surface area contributed by atoms with Crippen LogP contribution in [0, 0.1) is 0 Å². The molecule has 0 aromatic heterocycles. The Morgan fingerprint density at radius 2 is 1.22 bits per heavy atom. The molecule has 0 saturated carbocycles. The van der Waals surface area contributed by atoms with E-state index in [2.05, 4.69) is 43.4 Å². The van der Waals surface area contributed by atoms with Gasteiger partial charge in [0.05, 0.1) is 0 Å². The third-order valence-corrected chi connectivity index (χ3v) is 2.83. The molecule has 1 heteroatoms. The number of nitrogens with one attached hydrogen (secondary N) is 1. The van der Waals surface area contributed by atoms with Gasteiger partial charge in [0.1, 0.15) is 0 Å². The van der Waals surface area contributed by atoms with E-state index in [1.54, 1.807) is 0 Å². The van der Waals surface area contributed by atoms with Crippen LogP contribution >= 0.6 is 0 Å². The summed E-state index contributed by atoms with van der Waals surface area (Å²) in [4.78, 5) is 0. The van der Waals surface area contributed by atoms with E-state index in [9.17, 15) is 0 Å². The second-order valence-corrected chi connectivity index (χ2v) is 4.60. The lowest BCUT2D eigenvalue weighted by Gasteiger charge is -1.97. The highest BCUT2D eigenvalue weighted by Gasteiger charge is 1.87. The van der Waals surface area contributed by atoms with E-state index >= 15 is 0 Å². The highest BCUT2D eigenvalue weighted by atomic mass is 14.5. The molecule has 0 bridgehead atoms. The van der Waals surface area contributed by atoms with Crippen molar-refractivity contribution in [3.05, 3.63) is 36.5 Å². The van der Waals surface area contributed by atoms with Gasteiger partial charge in [0.2, 0.25) is 0 Å². The van der Waals surface area contributed by atoms with Gasteiger partial charge in [0, 0.05) is 6.54 Å². The minimum absolute atomic E-state index is 0.597. The molecule has 1 N–H and O–H groups in total. The van der Waals surface area contributed by atoms with E-state index < -0.39 is 0 Å². The molecule has 0 atom stereocenters. The van der Waals surface area contributed by atoms with Crippen LogP contribution in [0.3, 0.4) is 0 Å². The maximum Gasteiger partial charge on any atom is 0.00997 e. The first-order valence-electron chi connectivity index (χ1n) is 7.51. The Bertz CT molecular complexity index is 226. The second-order valence-electron chi connectivity index (χ2n) is 4.60. The third kappa shape index (κ3) is 15.2. The maximum atomic E-state index is 7.04. The van der Waals surface area contributed by atoms with Gasteiger partial charge in [-0.05, 0) is 38.5 Å². The summed E-state index contributed by atoms with van der Waals surface area (Å²) < 4.78 is 0. The van der Waals surface area contributed by atoms with Crippen molar-refractivity contribution in [2.75, 3.05) is 6.54 Å². The van der Waals surface area contributed by atoms with Crippen molar-refractivity contribution < 1.29 is 0 Å². The summed E-state index contributed by atoms with van der Waals surface area (Å²) in [6.07, 6.45) is 24.2. The summed E-state index contributed by atoms with van der Waals surface area (Å²) in [5, 5.41) is 0. The van der Waals surface area contributed by atoms with Gasteiger partial charge in [-0.15, -0.1) is 0 Å². The number of allylic oxidation sites excluding steroid dienone is 6. The number of hydrogen-bond acceptors (Lipinski definition) is 0. The van der Waals surface area contributed by atoms with Crippen LogP contribution in [0.1, 0.15) is 64.7 Å². The highest BCUT2D eigenvalue weighted by Crippen LogP contribution is 2.05. The van der Waals surface area contributed by atoms with Crippen LogP contribution in [0.25, 0.3) is 0 Å². The molecule has 0 aromatic rings. The predicted octanol–water partition coefficient (Wildman–Crippen LogP) is 5.47. The Hall–Kier alpha value is -0.820. The van der Waals surface area contributed by atoms with Gasteiger partial charge in [-0.2, -0.15) is 0 Å². The smallest absolute Gasteiger partial charge is 0.00997 e. The number of rotatable bonds is 12. The van der Waals surface area contributed by atoms with Gasteiger partial charge in [-0.25, -0.2) is 0 Å². The molecule has 18 heavy (non-hydrogen) atoms. The highest BCUT2D eigenvalue weighted by molar-refractivity contribution is 4.96. The van der Waals surface area contributed by atoms with Crippen LogP contribution in [0.4, 0.5) is 0 Å². The van der Waals surface area contributed by atoms with Crippen molar-refractivity contribution in [1.29, 1.82) is 0 Å². The molecular weight excluding hydrogens is 218 g/mol. The van der Waals surface area contributed by atoms with Gasteiger partial charge in [0.25, 0.3) is 0 Å². The van der Waals surface area contributed by atoms with E-state index in [1.165, 1.54) is 32.1 Å². The monoisotopic (exact) mass is 248 g/mol. The first-order chi connectivity index (χ1) is 8.91. The number of unbranched alkanes of at least 4 members (excludes halogenated alkanes) is 5. The summed E-state index contributed by atoms with van der Waals surface area (Å²) >= 11 is 0. The lowest BCUT2D eigenvalue weighted by Crippen LogP contribution is -1.84. The lowest BCUT2D eigenvalue weighted by atomic mass is 10.1. The molecule has 0 spiro atoms. The van der Waals surface area contributed by atoms with Crippen molar-refractivity contribution in [2.24, 2.45) is 0 Å². The molecule has 0 unspecified atom stereocenters. The quantitative estimate of drug-likeness (QED) is 0.323. The van der Waals surface area contributed by atoms with Crippen LogP contribution in [0.15, 0.2) is 36.5 Å².